The molecule has 1 N–H and O–H groups in total. The van der Waals surface area contributed by atoms with Crippen LogP contribution >= 0.6 is 11.3 Å². The monoisotopic (exact) mass is 227 g/mol. The maximum Gasteiger partial charge on any atom is 0.0795 e. The van der Waals surface area contributed by atoms with Crippen molar-refractivity contribution in [2.75, 3.05) is 20.6 Å². The zero-order valence-electron chi connectivity index (χ0n) is 10.0. The van der Waals surface area contributed by atoms with Crippen molar-refractivity contribution in [3.63, 3.8) is 0 Å². The van der Waals surface area contributed by atoms with Crippen LogP contribution in [0.3, 0.4) is 0 Å². The first kappa shape index (κ1) is 12.6. The second-order valence-corrected chi connectivity index (χ2v) is 4.98. The van der Waals surface area contributed by atoms with Gasteiger partial charge in [0.25, 0.3) is 0 Å². The lowest BCUT2D eigenvalue weighted by Crippen LogP contribution is -2.42. The van der Waals surface area contributed by atoms with Crippen LogP contribution in [0, 0.1) is 5.92 Å². The van der Waals surface area contributed by atoms with Gasteiger partial charge in [-0.25, -0.2) is 4.98 Å². The van der Waals surface area contributed by atoms with E-state index in [1.165, 1.54) is 5.69 Å². The number of nitrogens with zero attached hydrogens (tertiary/aromatic N) is 2. The predicted octanol–water partition coefficient (Wildman–Crippen LogP) is 1.82. The summed E-state index contributed by atoms with van der Waals surface area (Å²) in [5.74, 6) is 0.654. The van der Waals surface area contributed by atoms with Gasteiger partial charge in [0.15, 0.2) is 0 Å². The van der Waals surface area contributed by atoms with Crippen LogP contribution in [0.1, 0.15) is 19.5 Å². The van der Waals surface area contributed by atoms with E-state index in [0.717, 1.165) is 13.1 Å². The van der Waals surface area contributed by atoms with Crippen molar-refractivity contribution in [1.29, 1.82) is 0 Å². The molecule has 1 unspecified atom stereocenters. The molecule has 1 atom stereocenters. The third kappa shape index (κ3) is 3.89. The van der Waals surface area contributed by atoms with Crippen LogP contribution < -0.4 is 5.32 Å². The average Bonchev–Trinajstić information content (AvgIpc) is 2.65. The molecule has 0 aliphatic rings. The van der Waals surface area contributed by atoms with Gasteiger partial charge >= 0.3 is 0 Å². The second kappa shape index (κ2) is 6.20. The van der Waals surface area contributed by atoms with Gasteiger partial charge in [0.05, 0.1) is 11.2 Å². The maximum atomic E-state index is 4.31. The van der Waals surface area contributed by atoms with Gasteiger partial charge in [-0.15, -0.1) is 11.3 Å². The first-order valence-corrected chi connectivity index (χ1v) is 6.31. The van der Waals surface area contributed by atoms with E-state index in [-0.39, 0.29) is 0 Å². The summed E-state index contributed by atoms with van der Waals surface area (Å²) >= 11 is 1.66. The Morgan fingerprint density at radius 3 is 2.73 bits per heavy atom. The van der Waals surface area contributed by atoms with Crippen LogP contribution in [0.15, 0.2) is 10.9 Å². The summed E-state index contributed by atoms with van der Waals surface area (Å²) in [5.41, 5.74) is 3.07. The summed E-state index contributed by atoms with van der Waals surface area (Å²) in [6.45, 7) is 6.49. The molecule has 0 radical (unpaired) electrons. The lowest BCUT2D eigenvalue weighted by Gasteiger charge is -2.30. The van der Waals surface area contributed by atoms with Gasteiger partial charge in [0, 0.05) is 24.5 Å². The Hall–Kier alpha value is -0.450. The third-order valence-corrected chi connectivity index (χ3v) is 3.28. The predicted molar refractivity (Wildman–Crippen MR) is 66.1 cm³/mol. The van der Waals surface area contributed by atoms with Gasteiger partial charge in [-0.05, 0) is 20.0 Å². The van der Waals surface area contributed by atoms with Crippen molar-refractivity contribution >= 4 is 11.3 Å². The minimum Gasteiger partial charge on any atom is -0.318 e. The summed E-state index contributed by atoms with van der Waals surface area (Å²) < 4.78 is 0. The number of rotatable bonds is 6. The molecular weight excluding hydrogens is 206 g/mol. The summed E-state index contributed by atoms with van der Waals surface area (Å²) in [5, 5.41) is 5.37. The van der Waals surface area contributed by atoms with Crippen molar-refractivity contribution in [1.82, 2.24) is 15.2 Å². The average molecular weight is 227 g/mol. The van der Waals surface area contributed by atoms with Crippen molar-refractivity contribution in [3.8, 4) is 0 Å². The SMILES string of the molecule is CNCC(C(C)C)N(C)Cc1cscn1. The molecule has 4 heteroatoms. The number of hydrogen-bond acceptors (Lipinski definition) is 4. The van der Waals surface area contributed by atoms with Crippen LogP contribution in [0.25, 0.3) is 0 Å². The molecule has 15 heavy (non-hydrogen) atoms. The Bertz CT molecular complexity index is 259. The number of nitrogens with one attached hydrogen (secondary N) is 1. The largest absolute Gasteiger partial charge is 0.318 e. The number of aromatic nitrogens is 1. The normalized spacial score (nSPS) is 13.7. The Balaban J connectivity index is 2.52. The zero-order chi connectivity index (χ0) is 11.3. The van der Waals surface area contributed by atoms with Gasteiger partial charge in [0.1, 0.15) is 0 Å². The van der Waals surface area contributed by atoms with Gasteiger partial charge in [-0.3, -0.25) is 4.90 Å². The molecule has 0 saturated heterocycles. The van der Waals surface area contributed by atoms with Crippen LogP contribution in [0.4, 0.5) is 0 Å². The number of hydrogen-bond donors (Lipinski definition) is 1. The molecule has 3 nitrogen and oxygen atoms in total. The summed E-state index contributed by atoms with van der Waals surface area (Å²) in [6.07, 6.45) is 0. The van der Waals surface area contributed by atoms with Crippen LogP contribution in [-0.2, 0) is 6.54 Å². The molecule has 0 aliphatic heterocycles. The minimum atomic E-state index is 0.566. The highest BCUT2D eigenvalue weighted by atomic mass is 32.1. The van der Waals surface area contributed by atoms with Gasteiger partial charge in [0.2, 0.25) is 0 Å². The fourth-order valence-electron chi connectivity index (χ4n) is 1.80. The topological polar surface area (TPSA) is 28.2 Å². The first-order chi connectivity index (χ1) is 7.15. The molecule has 1 aromatic rings. The Kier molecular flexibility index (Phi) is 5.22. The third-order valence-electron chi connectivity index (χ3n) is 2.64. The fraction of sp³-hybridized carbons (Fsp3) is 0.727. The Labute approximate surface area is 96.5 Å². The molecule has 0 spiro atoms. The van der Waals surface area contributed by atoms with Crippen LogP contribution in [0.2, 0.25) is 0 Å². The van der Waals surface area contributed by atoms with E-state index in [9.17, 15) is 0 Å². The molecule has 86 valence electrons. The zero-order valence-corrected chi connectivity index (χ0v) is 10.8. The lowest BCUT2D eigenvalue weighted by molar-refractivity contribution is 0.181. The molecule has 1 heterocycles. The van der Waals surface area contributed by atoms with Crippen LogP contribution in [0.5, 0.6) is 0 Å². The highest BCUT2D eigenvalue weighted by molar-refractivity contribution is 7.07. The molecule has 0 bridgehead atoms. The second-order valence-electron chi connectivity index (χ2n) is 4.26. The van der Waals surface area contributed by atoms with Crippen molar-refractivity contribution in [2.45, 2.75) is 26.4 Å². The van der Waals surface area contributed by atoms with Crippen molar-refractivity contribution < 1.29 is 0 Å². The quantitative estimate of drug-likeness (QED) is 0.803. The maximum absolute atomic E-state index is 4.31. The van der Waals surface area contributed by atoms with E-state index in [0.29, 0.717) is 12.0 Å². The van der Waals surface area contributed by atoms with Crippen molar-refractivity contribution in [2.24, 2.45) is 5.92 Å². The smallest absolute Gasteiger partial charge is 0.0795 e. The van der Waals surface area contributed by atoms with E-state index in [2.05, 4.69) is 41.5 Å². The van der Waals surface area contributed by atoms with E-state index in [4.69, 9.17) is 0 Å². The van der Waals surface area contributed by atoms with E-state index >= 15 is 0 Å². The molecule has 0 aromatic carbocycles. The van der Waals surface area contributed by atoms with Crippen molar-refractivity contribution in [3.05, 3.63) is 16.6 Å². The highest BCUT2D eigenvalue weighted by Gasteiger charge is 2.18. The Morgan fingerprint density at radius 2 is 2.27 bits per heavy atom. The van der Waals surface area contributed by atoms with Crippen LogP contribution in [-0.4, -0.2) is 36.6 Å². The lowest BCUT2D eigenvalue weighted by atomic mass is 10.0. The number of thiazole rings is 1. The molecule has 0 fully saturated rings. The first-order valence-electron chi connectivity index (χ1n) is 5.37. The minimum absolute atomic E-state index is 0.566. The standard InChI is InChI=1S/C11H21N3S/c1-9(2)11(5-12-3)14(4)6-10-7-15-8-13-10/h7-9,11-12H,5-6H2,1-4H3. The summed E-state index contributed by atoms with van der Waals surface area (Å²) in [6, 6.07) is 0.566. The summed E-state index contributed by atoms with van der Waals surface area (Å²) in [4.78, 5) is 6.69. The van der Waals surface area contributed by atoms with E-state index in [1.807, 2.05) is 12.6 Å². The fourth-order valence-corrected chi connectivity index (χ4v) is 2.35. The van der Waals surface area contributed by atoms with Gasteiger partial charge in [-0.1, -0.05) is 13.8 Å². The highest BCUT2D eigenvalue weighted by Crippen LogP contribution is 2.12. The summed E-state index contributed by atoms with van der Waals surface area (Å²) in [7, 11) is 4.17. The van der Waals surface area contributed by atoms with E-state index < -0.39 is 0 Å². The molecule has 1 aromatic heterocycles. The molecular formula is C11H21N3S. The molecule has 1 rings (SSSR count). The van der Waals surface area contributed by atoms with Gasteiger partial charge in [-0.2, -0.15) is 0 Å². The number of likely N-dealkylation sites (N-methyl/N-ethyl adjacent to an activating group) is 2. The van der Waals surface area contributed by atoms with Gasteiger partial charge < -0.3 is 5.32 Å². The molecule has 0 saturated carbocycles. The molecule has 0 aliphatic carbocycles. The van der Waals surface area contributed by atoms with E-state index in [1.54, 1.807) is 11.3 Å². The molecule has 0 amide bonds. The Morgan fingerprint density at radius 1 is 1.53 bits per heavy atom.